The molecular formula is C22H25FN2O6S2. The molecule has 8 nitrogen and oxygen atoms in total. The van der Waals surface area contributed by atoms with Gasteiger partial charge in [0.05, 0.1) is 22.6 Å². The second-order valence-corrected chi connectivity index (χ2v) is 12.7. The van der Waals surface area contributed by atoms with Gasteiger partial charge in [0.15, 0.2) is 24.3 Å². The van der Waals surface area contributed by atoms with E-state index in [1.165, 1.54) is 43.3 Å². The zero-order valence-corrected chi connectivity index (χ0v) is 20.0. The third-order valence-electron chi connectivity index (χ3n) is 5.24. The van der Waals surface area contributed by atoms with E-state index in [2.05, 4.69) is 5.32 Å². The molecule has 0 saturated heterocycles. The van der Waals surface area contributed by atoms with Crippen LogP contribution in [-0.4, -0.2) is 39.3 Å². The van der Waals surface area contributed by atoms with Gasteiger partial charge in [0.2, 0.25) is 0 Å². The van der Waals surface area contributed by atoms with Gasteiger partial charge in [0.25, 0.3) is 0 Å². The highest BCUT2D eigenvalue weighted by molar-refractivity contribution is 8.09. The van der Waals surface area contributed by atoms with Gasteiger partial charge in [0.1, 0.15) is 11.6 Å². The Morgan fingerprint density at radius 3 is 2.15 bits per heavy atom. The molecule has 11 heteroatoms. The maximum Gasteiger partial charge on any atom is 0.412 e. The fourth-order valence-electron chi connectivity index (χ4n) is 2.99. The van der Waals surface area contributed by atoms with Crippen molar-refractivity contribution in [2.45, 2.75) is 43.1 Å². The maximum absolute atomic E-state index is 13.0. The summed E-state index contributed by atoms with van der Waals surface area (Å²) in [5.74, 6) is -1.05. The number of halogens is 1. The lowest BCUT2D eigenvalue weighted by atomic mass is 10.1. The number of rotatable bonds is 9. The number of nitriles is 1. The molecule has 0 aliphatic heterocycles. The second kappa shape index (κ2) is 10.8. The second-order valence-electron chi connectivity index (χ2n) is 7.46. The molecule has 0 spiro atoms. The Hall–Kier alpha value is -2.97. The summed E-state index contributed by atoms with van der Waals surface area (Å²) in [4.78, 5) is 12.1. The Kier molecular flexibility index (Phi) is 8.57. The smallest absolute Gasteiger partial charge is 0.410 e. The molecule has 33 heavy (non-hydrogen) atoms. The van der Waals surface area contributed by atoms with Crippen molar-refractivity contribution in [3.63, 3.8) is 0 Å². The van der Waals surface area contributed by atoms with Crippen molar-refractivity contribution in [3.8, 4) is 11.8 Å². The number of nitrogens with zero attached hydrogens (tertiary/aromatic N) is 1. The fraction of sp³-hybridized carbons (Fsp3) is 0.364. The van der Waals surface area contributed by atoms with Gasteiger partial charge in [-0.15, -0.1) is 0 Å². The van der Waals surface area contributed by atoms with Crippen molar-refractivity contribution in [2.24, 2.45) is 0 Å². The minimum absolute atomic E-state index is 0.0683. The summed E-state index contributed by atoms with van der Waals surface area (Å²) in [6.07, 6.45) is -0.736. The van der Waals surface area contributed by atoms with E-state index in [-0.39, 0.29) is 12.2 Å². The first-order chi connectivity index (χ1) is 15.4. The van der Waals surface area contributed by atoms with Crippen LogP contribution in [0.4, 0.5) is 9.18 Å². The van der Waals surface area contributed by atoms with E-state index in [1.54, 1.807) is 6.92 Å². The number of sulfone groups is 2. The number of benzene rings is 2. The predicted molar refractivity (Wildman–Crippen MR) is 121 cm³/mol. The summed E-state index contributed by atoms with van der Waals surface area (Å²) >= 11 is 0. The number of hydrogen-bond donors (Lipinski definition) is 1. The molecule has 1 N–H and O–H groups in total. The topological polar surface area (TPSA) is 130 Å². The summed E-state index contributed by atoms with van der Waals surface area (Å²) in [6, 6.07) is 11.6. The normalized spacial score (nSPS) is 14.5. The van der Waals surface area contributed by atoms with E-state index in [1.807, 2.05) is 6.07 Å². The number of nitrogens with one attached hydrogen (secondary N) is 1. The van der Waals surface area contributed by atoms with E-state index in [0.29, 0.717) is 11.1 Å². The van der Waals surface area contributed by atoms with Crippen LogP contribution in [0.25, 0.3) is 0 Å². The van der Waals surface area contributed by atoms with Gasteiger partial charge in [-0.3, -0.25) is 0 Å². The molecule has 178 valence electrons. The third kappa shape index (κ3) is 6.76. The first-order valence-corrected chi connectivity index (χ1v) is 13.4. The fourth-order valence-corrected chi connectivity index (χ4v) is 7.63. The SMILES string of the molecule is CCC(CS(=O)(=O)C(C)S(=O)(=O)C(C)c1ccc(C#N)cc1)NC(=O)Oc1ccc(F)cc1. The molecule has 3 unspecified atom stereocenters. The molecule has 0 saturated carbocycles. The molecule has 0 bridgehead atoms. The van der Waals surface area contributed by atoms with E-state index < -0.39 is 53.2 Å². The lowest BCUT2D eigenvalue weighted by Crippen LogP contribution is -2.44. The number of amides is 1. The Balaban J connectivity index is 2.11. The van der Waals surface area contributed by atoms with Crippen LogP contribution in [0.3, 0.4) is 0 Å². The highest BCUT2D eigenvalue weighted by atomic mass is 32.3. The lowest BCUT2D eigenvalue weighted by molar-refractivity contribution is 0.196. The average molecular weight is 497 g/mol. The van der Waals surface area contributed by atoms with Crippen LogP contribution in [-0.2, 0) is 19.7 Å². The molecule has 0 fully saturated rings. The largest absolute Gasteiger partial charge is 0.412 e. The first-order valence-electron chi connectivity index (χ1n) is 10.1. The van der Waals surface area contributed by atoms with E-state index in [4.69, 9.17) is 10.00 Å². The third-order valence-corrected chi connectivity index (χ3v) is 11.0. The lowest BCUT2D eigenvalue weighted by Gasteiger charge is -2.22. The van der Waals surface area contributed by atoms with Gasteiger partial charge in [-0.1, -0.05) is 19.1 Å². The van der Waals surface area contributed by atoms with Crippen LogP contribution in [0, 0.1) is 17.1 Å². The maximum atomic E-state index is 13.0. The van der Waals surface area contributed by atoms with Gasteiger partial charge in [-0.2, -0.15) is 5.26 Å². The van der Waals surface area contributed by atoms with E-state index in [0.717, 1.165) is 19.1 Å². The summed E-state index contributed by atoms with van der Waals surface area (Å²) in [5.41, 5.74) is 0.720. The van der Waals surface area contributed by atoms with Gasteiger partial charge in [-0.25, -0.2) is 26.0 Å². The Morgan fingerprint density at radius 1 is 1.06 bits per heavy atom. The van der Waals surface area contributed by atoms with Crippen molar-refractivity contribution in [1.82, 2.24) is 5.32 Å². The van der Waals surface area contributed by atoms with Crippen molar-refractivity contribution >= 4 is 25.8 Å². The van der Waals surface area contributed by atoms with Gasteiger partial charge in [0, 0.05) is 6.04 Å². The number of ether oxygens (including phenoxy) is 1. The van der Waals surface area contributed by atoms with Crippen LogP contribution in [0.15, 0.2) is 48.5 Å². The van der Waals surface area contributed by atoms with E-state index in [9.17, 15) is 26.0 Å². The minimum Gasteiger partial charge on any atom is -0.410 e. The summed E-state index contributed by atoms with van der Waals surface area (Å²) in [7, 11) is -8.33. The molecule has 0 radical (unpaired) electrons. The number of carbonyl (C=O) groups is 1. The van der Waals surface area contributed by atoms with Crippen LogP contribution in [0.2, 0.25) is 0 Å². The molecule has 0 aliphatic rings. The zero-order valence-electron chi connectivity index (χ0n) is 18.4. The molecular weight excluding hydrogens is 471 g/mol. The van der Waals surface area contributed by atoms with Crippen LogP contribution < -0.4 is 10.1 Å². The average Bonchev–Trinajstić information content (AvgIpc) is 2.78. The quantitative estimate of drug-likeness (QED) is 0.562. The van der Waals surface area contributed by atoms with Gasteiger partial charge < -0.3 is 10.1 Å². The standard InChI is InChI=1S/C22H25FN2O6S2/c1-4-20(25-22(26)31-21-11-9-19(23)10-12-21)14-32(27,28)16(3)33(29,30)15(2)18-7-5-17(13-24)6-8-18/h5-12,15-16,20H,4,14H2,1-3H3,(H,25,26). The van der Waals surface area contributed by atoms with E-state index >= 15 is 0 Å². The predicted octanol–water partition coefficient (Wildman–Crippen LogP) is 3.50. The van der Waals surface area contributed by atoms with Crippen molar-refractivity contribution < 1.29 is 30.8 Å². The first kappa shape index (κ1) is 26.3. The molecule has 1 amide bonds. The van der Waals surface area contributed by atoms with Crippen LogP contribution >= 0.6 is 0 Å². The van der Waals surface area contributed by atoms with Crippen LogP contribution in [0.5, 0.6) is 5.75 Å². The summed E-state index contributed by atoms with van der Waals surface area (Å²) in [5, 5.41) is 10.2. The van der Waals surface area contributed by atoms with Crippen molar-refractivity contribution in [2.75, 3.05) is 5.75 Å². The molecule has 2 aromatic rings. The monoisotopic (exact) mass is 496 g/mol. The minimum atomic E-state index is -4.18. The highest BCUT2D eigenvalue weighted by Gasteiger charge is 2.39. The molecule has 2 aromatic carbocycles. The van der Waals surface area contributed by atoms with Crippen LogP contribution in [0.1, 0.15) is 43.6 Å². The number of carbonyl (C=O) groups excluding carboxylic acids is 1. The molecule has 3 atom stereocenters. The Bertz CT molecular complexity index is 1220. The number of hydrogen-bond acceptors (Lipinski definition) is 7. The van der Waals surface area contributed by atoms with Gasteiger partial charge in [-0.05, 0) is 62.2 Å². The Morgan fingerprint density at radius 2 is 1.64 bits per heavy atom. The zero-order chi connectivity index (χ0) is 24.8. The summed E-state index contributed by atoms with van der Waals surface area (Å²) < 4.78 is 68.1. The summed E-state index contributed by atoms with van der Waals surface area (Å²) in [6.45, 7) is 4.13. The van der Waals surface area contributed by atoms with Gasteiger partial charge >= 0.3 is 6.09 Å². The Labute approximate surface area is 193 Å². The van der Waals surface area contributed by atoms with Crippen molar-refractivity contribution in [3.05, 3.63) is 65.5 Å². The molecule has 0 heterocycles. The molecule has 0 aromatic heterocycles. The van der Waals surface area contributed by atoms with Crippen molar-refractivity contribution in [1.29, 1.82) is 5.26 Å². The molecule has 2 rings (SSSR count). The molecule has 0 aliphatic carbocycles. The highest BCUT2D eigenvalue weighted by Crippen LogP contribution is 2.28.